The minimum atomic E-state index is -1.26. The highest BCUT2D eigenvalue weighted by molar-refractivity contribution is 5.95. The third-order valence-electron chi connectivity index (χ3n) is 2.66. The van der Waals surface area contributed by atoms with Crippen LogP contribution in [0, 0.1) is 11.6 Å². The zero-order chi connectivity index (χ0) is 14.7. The number of carboxylic acids is 1. The Bertz CT molecular complexity index is 659. The first-order chi connectivity index (χ1) is 9.52. The molecule has 2 N–H and O–H groups in total. The average molecular weight is 279 g/mol. The first-order valence-electron chi connectivity index (χ1n) is 5.65. The van der Waals surface area contributed by atoms with Crippen LogP contribution in [0.4, 0.5) is 20.2 Å². The van der Waals surface area contributed by atoms with Crippen molar-refractivity contribution in [3.05, 3.63) is 53.6 Å². The van der Waals surface area contributed by atoms with Crippen LogP contribution >= 0.6 is 0 Å². The number of methoxy groups -OCH3 is 1. The monoisotopic (exact) mass is 279 g/mol. The zero-order valence-corrected chi connectivity index (χ0v) is 10.5. The fraction of sp³-hybridized carbons (Fsp3) is 0.0714. The summed E-state index contributed by atoms with van der Waals surface area (Å²) in [6.07, 6.45) is 0. The number of hydrogen-bond acceptors (Lipinski definition) is 3. The number of aromatic carboxylic acids is 1. The van der Waals surface area contributed by atoms with Crippen LogP contribution in [0.2, 0.25) is 0 Å². The molecule has 4 nitrogen and oxygen atoms in total. The first kappa shape index (κ1) is 13.8. The van der Waals surface area contributed by atoms with Crippen molar-refractivity contribution < 1.29 is 23.4 Å². The van der Waals surface area contributed by atoms with E-state index in [-0.39, 0.29) is 17.0 Å². The molecule has 0 aliphatic heterocycles. The second-order valence-electron chi connectivity index (χ2n) is 3.94. The molecule has 0 atom stereocenters. The van der Waals surface area contributed by atoms with Crippen LogP contribution in [0.5, 0.6) is 5.75 Å². The fourth-order valence-electron chi connectivity index (χ4n) is 1.71. The van der Waals surface area contributed by atoms with E-state index >= 15 is 0 Å². The normalized spacial score (nSPS) is 10.2. The molecular formula is C14H11F2NO3. The van der Waals surface area contributed by atoms with E-state index in [0.717, 1.165) is 12.1 Å². The largest absolute Gasteiger partial charge is 0.494 e. The van der Waals surface area contributed by atoms with Crippen molar-refractivity contribution in [2.24, 2.45) is 0 Å². The molecule has 0 unspecified atom stereocenters. The highest BCUT2D eigenvalue weighted by Crippen LogP contribution is 2.27. The van der Waals surface area contributed by atoms with Gasteiger partial charge in [-0.25, -0.2) is 13.6 Å². The molecule has 0 spiro atoms. The molecule has 0 fully saturated rings. The van der Waals surface area contributed by atoms with Crippen molar-refractivity contribution in [2.45, 2.75) is 0 Å². The summed E-state index contributed by atoms with van der Waals surface area (Å²) in [6, 6.07) is 7.52. The molecule has 0 saturated carbocycles. The number of anilines is 2. The van der Waals surface area contributed by atoms with Gasteiger partial charge < -0.3 is 15.2 Å². The quantitative estimate of drug-likeness (QED) is 0.900. The lowest BCUT2D eigenvalue weighted by Crippen LogP contribution is -2.05. The molecule has 104 valence electrons. The smallest absolute Gasteiger partial charge is 0.337 e. The van der Waals surface area contributed by atoms with Gasteiger partial charge in [-0.2, -0.15) is 0 Å². The highest BCUT2D eigenvalue weighted by Gasteiger charge is 2.15. The predicted octanol–water partition coefficient (Wildman–Crippen LogP) is 3.42. The highest BCUT2D eigenvalue weighted by atomic mass is 19.1. The number of carbonyl (C=O) groups is 1. The maximum absolute atomic E-state index is 13.7. The third kappa shape index (κ3) is 2.69. The van der Waals surface area contributed by atoms with Crippen molar-refractivity contribution in [3.63, 3.8) is 0 Å². The number of ether oxygens (including phenoxy) is 1. The van der Waals surface area contributed by atoms with Gasteiger partial charge in [-0.15, -0.1) is 0 Å². The van der Waals surface area contributed by atoms with Gasteiger partial charge in [0.05, 0.1) is 18.4 Å². The van der Waals surface area contributed by atoms with E-state index in [2.05, 4.69) is 5.32 Å². The number of hydrogen-bond donors (Lipinski definition) is 2. The van der Waals surface area contributed by atoms with Crippen molar-refractivity contribution in [1.29, 1.82) is 0 Å². The summed E-state index contributed by atoms with van der Waals surface area (Å²) in [6.45, 7) is 0. The standard InChI is InChI=1S/C14H11F2NO3/c1-20-12-7-8(5-6-10(12)15)17-13-9(14(18)19)3-2-4-11(13)16/h2-7,17H,1H3,(H,18,19). The van der Waals surface area contributed by atoms with Crippen LogP contribution < -0.4 is 10.1 Å². The Hall–Kier alpha value is -2.63. The van der Waals surface area contributed by atoms with E-state index in [1.54, 1.807) is 0 Å². The van der Waals surface area contributed by atoms with Crippen molar-refractivity contribution in [1.82, 2.24) is 0 Å². The number of benzene rings is 2. The lowest BCUT2D eigenvalue weighted by atomic mass is 10.1. The summed E-state index contributed by atoms with van der Waals surface area (Å²) in [4.78, 5) is 11.1. The van der Waals surface area contributed by atoms with Crippen LogP contribution in [0.1, 0.15) is 10.4 Å². The Morgan fingerprint density at radius 2 is 1.95 bits per heavy atom. The van der Waals surface area contributed by atoms with Gasteiger partial charge in [0.1, 0.15) is 5.82 Å². The van der Waals surface area contributed by atoms with Crippen molar-refractivity contribution in [3.8, 4) is 5.75 Å². The Labute approximate surface area is 113 Å². The number of para-hydroxylation sites is 1. The lowest BCUT2D eigenvalue weighted by Gasteiger charge is -2.12. The average Bonchev–Trinajstić information content (AvgIpc) is 2.42. The molecule has 2 rings (SSSR count). The van der Waals surface area contributed by atoms with E-state index in [9.17, 15) is 13.6 Å². The molecule has 2 aromatic carbocycles. The zero-order valence-electron chi connectivity index (χ0n) is 10.5. The maximum Gasteiger partial charge on any atom is 0.337 e. The first-order valence-corrected chi connectivity index (χ1v) is 5.65. The summed E-state index contributed by atoms with van der Waals surface area (Å²) in [7, 11) is 1.30. The Kier molecular flexibility index (Phi) is 3.84. The fourth-order valence-corrected chi connectivity index (χ4v) is 1.71. The Balaban J connectivity index is 2.42. The summed E-state index contributed by atoms with van der Waals surface area (Å²) < 4.78 is 31.8. The van der Waals surface area contributed by atoms with Gasteiger partial charge in [-0.05, 0) is 24.3 Å². The van der Waals surface area contributed by atoms with E-state index in [0.29, 0.717) is 5.69 Å². The predicted molar refractivity (Wildman–Crippen MR) is 69.6 cm³/mol. The lowest BCUT2D eigenvalue weighted by molar-refractivity contribution is 0.0697. The van der Waals surface area contributed by atoms with Crippen LogP contribution in [-0.2, 0) is 0 Å². The van der Waals surface area contributed by atoms with Crippen molar-refractivity contribution in [2.75, 3.05) is 12.4 Å². The molecule has 0 bridgehead atoms. The van der Waals surface area contributed by atoms with Gasteiger partial charge in [0, 0.05) is 11.8 Å². The van der Waals surface area contributed by atoms with Crippen LogP contribution in [-0.4, -0.2) is 18.2 Å². The van der Waals surface area contributed by atoms with E-state index in [1.807, 2.05) is 0 Å². The number of carboxylic acid groups (broad SMARTS) is 1. The van der Waals surface area contributed by atoms with Gasteiger partial charge in [0.15, 0.2) is 11.6 Å². The van der Waals surface area contributed by atoms with Crippen molar-refractivity contribution >= 4 is 17.3 Å². The second kappa shape index (κ2) is 5.56. The van der Waals surface area contributed by atoms with Gasteiger partial charge in [0.2, 0.25) is 0 Å². The molecule has 6 heteroatoms. The maximum atomic E-state index is 13.7. The van der Waals surface area contributed by atoms with Gasteiger partial charge in [0.25, 0.3) is 0 Å². The van der Waals surface area contributed by atoms with Crippen LogP contribution in [0.15, 0.2) is 36.4 Å². The number of rotatable bonds is 4. The molecule has 0 heterocycles. The molecule has 0 saturated heterocycles. The number of halogens is 2. The third-order valence-corrected chi connectivity index (χ3v) is 2.66. The molecule has 20 heavy (non-hydrogen) atoms. The van der Waals surface area contributed by atoms with Crippen LogP contribution in [0.3, 0.4) is 0 Å². The molecule has 0 radical (unpaired) electrons. The summed E-state index contributed by atoms with van der Waals surface area (Å²) in [5.74, 6) is -2.57. The van der Waals surface area contributed by atoms with Gasteiger partial charge in [-0.1, -0.05) is 6.07 Å². The topological polar surface area (TPSA) is 58.6 Å². The van der Waals surface area contributed by atoms with Crippen LogP contribution in [0.25, 0.3) is 0 Å². The Morgan fingerprint density at radius 1 is 1.20 bits per heavy atom. The number of nitrogens with one attached hydrogen (secondary N) is 1. The minimum Gasteiger partial charge on any atom is -0.494 e. The van der Waals surface area contributed by atoms with Gasteiger partial charge in [-0.3, -0.25) is 0 Å². The minimum absolute atomic E-state index is 0.0248. The molecule has 2 aromatic rings. The van der Waals surface area contributed by atoms with Gasteiger partial charge >= 0.3 is 5.97 Å². The summed E-state index contributed by atoms with van der Waals surface area (Å²) in [5, 5.41) is 11.6. The molecular weight excluding hydrogens is 268 g/mol. The molecule has 0 aliphatic carbocycles. The second-order valence-corrected chi connectivity index (χ2v) is 3.94. The molecule has 0 amide bonds. The summed E-state index contributed by atoms with van der Waals surface area (Å²) in [5.41, 5.74) is -0.0854. The van der Waals surface area contributed by atoms with E-state index in [4.69, 9.17) is 9.84 Å². The van der Waals surface area contributed by atoms with E-state index < -0.39 is 17.6 Å². The SMILES string of the molecule is COc1cc(Nc2c(F)cccc2C(=O)O)ccc1F. The molecule has 0 aliphatic rings. The summed E-state index contributed by atoms with van der Waals surface area (Å²) >= 11 is 0. The van der Waals surface area contributed by atoms with E-state index in [1.165, 1.54) is 31.4 Å². The Morgan fingerprint density at radius 3 is 2.60 bits per heavy atom. The molecule has 0 aromatic heterocycles.